The second-order valence-electron chi connectivity index (χ2n) is 16.2. The molecule has 7 N–H and O–H groups in total. The molecule has 1 fully saturated rings. The summed E-state index contributed by atoms with van der Waals surface area (Å²) in [7, 11) is 0. The van der Waals surface area contributed by atoms with Crippen molar-refractivity contribution in [2.45, 2.75) is 79.0 Å². The molecule has 0 radical (unpaired) electrons. The monoisotopic (exact) mass is 894 g/mol. The number of hydrogen-bond acceptors (Lipinski definition) is 7. The van der Waals surface area contributed by atoms with Gasteiger partial charge in [0.25, 0.3) is 5.91 Å². The van der Waals surface area contributed by atoms with Gasteiger partial charge >= 0.3 is 6.09 Å². The fourth-order valence-electron chi connectivity index (χ4n) is 7.31. The van der Waals surface area contributed by atoms with E-state index in [0.717, 1.165) is 69.2 Å². The van der Waals surface area contributed by atoms with Crippen LogP contribution in [0.3, 0.4) is 0 Å². The molecular formula is C52H62N8O6. The van der Waals surface area contributed by atoms with Crippen LogP contribution < -0.4 is 11.1 Å². The quantitative estimate of drug-likeness (QED) is 0.0396. The number of H-pyrrole nitrogens is 2. The molecule has 2 aliphatic rings. The van der Waals surface area contributed by atoms with Gasteiger partial charge < -0.3 is 41.0 Å². The Morgan fingerprint density at radius 2 is 1.39 bits per heavy atom. The molecule has 1 aliphatic carbocycles. The first-order chi connectivity index (χ1) is 31.8. The number of aromatic amines is 2. The molecule has 14 nitrogen and oxygen atoms in total. The Morgan fingerprint density at radius 3 is 1.94 bits per heavy atom. The van der Waals surface area contributed by atoms with E-state index in [9.17, 15) is 19.5 Å². The average molecular weight is 895 g/mol. The van der Waals surface area contributed by atoms with Crippen molar-refractivity contribution in [3.63, 3.8) is 0 Å². The van der Waals surface area contributed by atoms with Crippen LogP contribution in [0.15, 0.2) is 121 Å². The number of aliphatic hydroxyl groups is 1. The summed E-state index contributed by atoms with van der Waals surface area (Å²) in [6, 6.07) is 32.5. The summed E-state index contributed by atoms with van der Waals surface area (Å²) in [6.07, 6.45) is 15.7. The zero-order valence-electron chi connectivity index (χ0n) is 38.4. The number of nitrogens with one attached hydrogen (secondary N) is 3. The van der Waals surface area contributed by atoms with Crippen LogP contribution in [0.4, 0.5) is 4.79 Å². The molecule has 346 valence electrons. The average Bonchev–Trinajstić information content (AvgIpc) is 3.72. The molecule has 2 aromatic heterocycles. The third kappa shape index (κ3) is 14.3. The third-order valence-corrected chi connectivity index (χ3v) is 10.8. The highest BCUT2D eigenvalue weighted by Crippen LogP contribution is 2.45. The van der Waals surface area contributed by atoms with Crippen molar-refractivity contribution in [1.29, 1.82) is 0 Å². The number of aliphatic hydroxyl groups excluding tert-OH is 1. The number of carboxylic acid groups (broad SMARTS) is 1. The molecular weight excluding hydrogens is 833 g/mol. The first kappa shape index (κ1) is 51.1. The minimum atomic E-state index is -1.24. The molecule has 4 aromatic carbocycles. The molecule has 0 bridgehead atoms. The van der Waals surface area contributed by atoms with E-state index >= 15 is 0 Å². The number of imidazole rings is 2. The van der Waals surface area contributed by atoms with E-state index in [1.807, 2.05) is 61.5 Å². The van der Waals surface area contributed by atoms with Crippen LogP contribution in [0.5, 0.6) is 0 Å². The maximum atomic E-state index is 12.8. The lowest BCUT2D eigenvalue weighted by molar-refractivity contribution is -0.140. The predicted molar refractivity (Wildman–Crippen MR) is 260 cm³/mol. The van der Waals surface area contributed by atoms with Crippen molar-refractivity contribution in [1.82, 2.24) is 35.1 Å². The number of primary amides is 1. The summed E-state index contributed by atoms with van der Waals surface area (Å²) in [5, 5.41) is 23.3. The van der Waals surface area contributed by atoms with Crippen molar-refractivity contribution in [3.05, 3.63) is 133 Å². The number of carbonyl (C=O) groups excluding carboxylic acids is 3. The summed E-state index contributed by atoms with van der Waals surface area (Å²) < 4.78 is 0. The van der Waals surface area contributed by atoms with E-state index in [2.05, 4.69) is 113 Å². The van der Waals surface area contributed by atoms with Crippen LogP contribution >= 0.6 is 0 Å². The highest BCUT2D eigenvalue weighted by atomic mass is 16.4. The second-order valence-corrected chi connectivity index (χ2v) is 16.2. The minimum absolute atomic E-state index is 0.118. The third-order valence-electron chi connectivity index (χ3n) is 10.8. The lowest BCUT2D eigenvalue weighted by atomic mass is 9.98. The molecule has 2 unspecified atom stereocenters. The van der Waals surface area contributed by atoms with Gasteiger partial charge in [0.15, 0.2) is 0 Å². The molecule has 6 aromatic rings. The molecule has 3 heterocycles. The molecule has 8 rings (SSSR count). The molecule has 0 spiro atoms. The Hall–Kier alpha value is -7.50. The van der Waals surface area contributed by atoms with E-state index in [4.69, 9.17) is 9.90 Å². The largest absolute Gasteiger partial charge is 0.465 e. The Balaban J connectivity index is 0.000000596. The molecule has 4 amide bonds. The van der Waals surface area contributed by atoms with Gasteiger partial charge in [-0.25, -0.2) is 14.8 Å². The van der Waals surface area contributed by atoms with Gasteiger partial charge in [0.2, 0.25) is 12.3 Å². The molecule has 66 heavy (non-hydrogen) atoms. The lowest BCUT2D eigenvalue weighted by Gasteiger charge is -2.26. The second kappa shape index (κ2) is 25.1. The standard InChI is InChI=1S/C40H43N7O5.C6H6.C3H8.C2H2.CH3NO/c1-4-25-13-16-47(35(49)21-43-39(51)52)36(25)37-42-20-32(45-37)27-7-5-26(6-8-27)28-9-10-30-18-31(12-11-29(30)17-28)33-19-41-34(44-33)22-46(38(50)24(2)48)23-40(3)14-15-40;1-2-4-6-5-3-1;1-3-2;1-2;2-1-3/h5-13,17-20,24,36,43,48H,4,14-16,21-23H2,1-3H3,(H,41,44)(H,42,45)(H,51,52);1-6H;3H2,1-2H3;1-2H;1H,(H2,2,3). The maximum absolute atomic E-state index is 12.8. The number of rotatable bonds is 12. The lowest BCUT2D eigenvalue weighted by Crippen LogP contribution is -2.40. The number of hydrogen-bond donors (Lipinski definition) is 6. The van der Waals surface area contributed by atoms with E-state index in [1.165, 1.54) is 13.3 Å². The van der Waals surface area contributed by atoms with Crippen molar-refractivity contribution in [2.24, 2.45) is 11.1 Å². The molecule has 0 saturated heterocycles. The first-order valence-corrected chi connectivity index (χ1v) is 22.0. The molecule has 1 saturated carbocycles. The van der Waals surface area contributed by atoms with Gasteiger partial charge in [-0.3, -0.25) is 14.4 Å². The normalized spacial score (nSPS) is 14.5. The molecule has 1 aliphatic heterocycles. The Labute approximate surface area is 387 Å². The zero-order valence-corrected chi connectivity index (χ0v) is 38.4. The smallest absolute Gasteiger partial charge is 0.405 e. The Kier molecular flexibility index (Phi) is 19.5. The highest BCUT2D eigenvalue weighted by Gasteiger charge is 2.40. The van der Waals surface area contributed by atoms with E-state index in [-0.39, 0.29) is 36.2 Å². The topological polar surface area (TPSA) is 211 Å². The molecule has 14 heteroatoms. The predicted octanol–water partition coefficient (Wildman–Crippen LogP) is 8.74. The Bertz CT molecular complexity index is 2510. The van der Waals surface area contributed by atoms with Crippen molar-refractivity contribution < 1.29 is 29.4 Å². The molecule has 2 atom stereocenters. The van der Waals surface area contributed by atoms with Gasteiger partial charge in [0.05, 0.1) is 30.3 Å². The summed E-state index contributed by atoms with van der Waals surface area (Å²) in [5.74, 6) is 0.740. The van der Waals surface area contributed by atoms with Crippen LogP contribution in [0.25, 0.3) is 44.4 Å². The van der Waals surface area contributed by atoms with E-state index in [1.54, 1.807) is 22.2 Å². The zero-order chi connectivity index (χ0) is 48.2. The van der Waals surface area contributed by atoms with E-state index < -0.39 is 12.2 Å². The van der Waals surface area contributed by atoms with Crippen molar-refractivity contribution >= 4 is 35.1 Å². The van der Waals surface area contributed by atoms with Crippen LogP contribution in [0.1, 0.15) is 78.0 Å². The Morgan fingerprint density at radius 1 is 0.879 bits per heavy atom. The summed E-state index contributed by atoms with van der Waals surface area (Å²) in [6.45, 7) is 11.0. The fraction of sp³-hybridized carbons (Fsp3) is 0.308. The first-order valence-electron chi connectivity index (χ1n) is 22.0. The SMILES string of the molecule is C#C.CCC.CCC1=CCN(C(=O)CNC(=O)O)C1c1ncc(-c2ccc(-c3ccc4cc(-c5cnc(CN(CC6(C)CC6)C(=O)C(C)O)[nH]5)ccc4c3)cc2)[nH]1.NC=O.c1ccccc1. The van der Waals surface area contributed by atoms with Gasteiger partial charge in [-0.1, -0.05) is 125 Å². The number of amides is 4. The number of aromatic nitrogens is 4. The maximum Gasteiger partial charge on any atom is 0.405 e. The summed E-state index contributed by atoms with van der Waals surface area (Å²) >= 11 is 0. The highest BCUT2D eigenvalue weighted by molar-refractivity contribution is 5.90. The summed E-state index contributed by atoms with van der Waals surface area (Å²) in [5.41, 5.74) is 11.1. The van der Waals surface area contributed by atoms with Crippen LogP contribution in [-0.2, 0) is 20.9 Å². The van der Waals surface area contributed by atoms with E-state index in [0.29, 0.717) is 31.3 Å². The van der Waals surface area contributed by atoms with Gasteiger partial charge in [-0.15, -0.1) is 12.8 Å². The minimum Gasteiger partial charge on any atom is -0.465 e. The number of terminal acetylenes is 1. The van der Waals surface area contributed by atoms with Gasteiger partial charge in [-0.2, -0.15) is 0 Å². The number of carbonyl (C=O) groups is 4. The van der Waals surface area contributed by atoms with Crippen LogP contribution in [-0.4, -0.2) is 90.0 Å². The van der Waals surface area contributed by atoms with Crippen LogP contribution in [0, 0.1) is 18.3 Å². The number of benzene rings is 4. The van der Waals surface area contributed by atoms with Gasteiger partial charge in [0, 0.05) is 18.7 Å². The van der Waals surface area contributed by atoms with Crippen molar-refractivity contribution in [2.75, 3.05) is 19.6 Å². The van der Waals surface area contributed by atoms with Gasteiger partial charge in [-0.05, 0) is 76.8 Å². The summed E-state index contributed by atoms with van der Waals surface area (Å²) in [4.78, 5) is 64.4. The number of nitrogens with two attached hydrogens (primary N) is 1. The fourth-order valence-corrected chi connectivity index (χ4v) is 7.31. The number of nitrogens with zero attached hydrogens (tertiary/aromatic N) is 4. The van der Waals surface area contributed by atoms with Crippen molar-refractivity contribution in [3.8, 4) is 46.5 Å². The van der Waals surface area contributed by atoms with Crippen LogP contribution in [0.2, 0.25) is 0 Å². The van der Waals surface area contributed by atoms with Gasteiger partial charge in [0.1, 0.15) is 30.3 Å². The number of fused-ring (bicyclic) bond motifs is 1.